The summed E-state index contributed by atoms with van der Waals surface area (Å²) in [5.74, 6) is -0.367. The molecule has 1 aromatic carbocycles. The second-order valence-corrected chi connectivity index (χ2v) is 5.44. The summed E-state index contributed by atoms with van der Waals surface area (Å²) < 4.78 is 10.6. The fourth-order valence-electron chi connectivity index (χ4n) is 2.23. The van der Waals surface area contributed by atoms with Gasteiger partial charge < -0.3 is 9.47 Å². The van der Waals surface area contributed by atoms with Gasteiger partial charge in [-0.3, -0.25) is 19.3 Å². The van der Waals surface area contributed by atoms with Gasteiger partial charge in [0.2, 0.25) is 0 Å². The lowest BCUT2D eigenvalue weighted by atomic mass is 10.1. The first kappa shape index (κ1) is 17.0. The molecule has 0 saturated carbocycles. The number of carbonyl (C=O) groups excluding carboxylic acids is 3. The predicted molar refractivity (Wildman–Crippen MR) is 84.8 cm³/mol. The highest BCUT2D eigenvalue weighted by Gasteiger charge is 2.29. The van der Waals surface area contributed by atoms with Gasteiger partial charge in [0.15, 0.2) is 12.4 Å². The van der Waals surface area contributed by atoms with Crippen LogP contribution in [-0.2, 0) is 14.3 Å². The van der Waals surface area contributed by atoms with Crippen LogP contribution in [0.2, 0.25) is 0 Å². The maximum Gasteiger partial charge on any atom is 0.326 e. The predicted octanol–water partition coefficient (Wildman–Crippen LogP) is 2.35. The second-order valence-electron chi connectivity index (χ2n) is 5.44. The number of esters is 1. The van der Waals surface area contributed by atoms with Gasteiger partial charge in [-0.05, 0) is 31.5 Å². The van der Waals surface area contributed by atoms with Gasteiger partial charge in [0.05, 0.1) is 11.8 Å². The first-order valence-corrected chi connectivity index (χ1v) is 7.76. The van der Waals surface area contributed by atoms with Crippen molar-refractivity contribution in [2.75, 3.05) is 18.1 Å². The molecule has 6 nitrogen and oxygen atoms in total. The van der Waals surface area contributed by atoms with Crippen molar-refractivity contribution in [2.24, 2.45) is 0 Å². The van der Waals surface area contributed by atoms with Gasteiger partial charge in [-0.1, -0.05) is 13.8 Å². The van der Waals surface area contributed by atoms with Gasteiger partial charge in [0.25, 0.3) is 5.91 Å². The van der Waals surface area contributed by atoms with Crippen LogP contribution in [0.3, 0.4) is 0 Å². The molecule has 23 heavy (non-hydrogen) atoms. The molecular formula is C17H21NO5. The normalized spacial score (nSPS) is 14.7. The molecule has 1 aliphatic rings. The lowest BCUT2D eigenvalue weighted by Crippen LogP contribution is -2.43. The Bertz CT molecular complexity index is 625. The molecule has 0 radical (unpaired) electrons. The summed E-state index contributed by atoms with van der Waals surface area (Å²) >= 11 is 0. The molecule has 124 valence electrons. The minimum atomic E-state index is -0.479. The minimum Gasteiger partial charge on any atom is -0.482 e. The van der Waals surface area contributed by atoms with Crippen molar-refractivity contribution in [1.29, 1.82) is 0 Å². The van der Waals surface area contributed by atoms with Crippen LogP contribution in [0.4, 0.5) is 5.69 Å². The third kappa shape index (κ3) is 3.88. The molecule has 0 aromatic heterocycles. The van der Waals surface area contributed by atoms with Gasteiger partial charge in [-0.15, -0.1) is 0 Å². The number of Topliss-reactive ketones (excluding diaryl/α,β-unsaturated/α-hetero) is 1. The van der Waals surface area contributed by atoms with E-state index in [0.29, 0.717) is 29.8 Å². The van der Waals surface area contributed by atoms with Gasteiger partial charge in [-0.2, -0.15) is 0 Å². The lowest BCUT2D eigenvalue weighted by molar-refractivity contribution is -0.147. The molecule has 0 saturated heterocycles. The van der Waals surface area contributed by atoms with Crippen LogP contribution in [0, 0.1) is 0 Å². The van der Waals surface area contributed by atoms with Crippen molar-refractivity contribution < 1.29 is 23.9 Å². The molecular weight excluding hydrogens is 298 g/mol. The Labute approximate surface area is 135 Å². The van der Waals surface area contributed by atoms with E-state index in [-0.39, 0.29) is 30.9 Å². The van der Waals surface area contributed by atoms with E-state index in [1.807, 2.05) is 6.92 Å². The molecule has 0 N–H and O–H groups in total. The third-order valence-electron chi connectivity index (χ3n) is 3.74. The van der Waals surface area contributed by atoms with E-state index in [1.165, 1.54) is 4.90 Å². The van der Waals surface area contributed by atoms with Crippen LogP contribution in [0.1, 0.15) is 44.0 Å². The molecule has 1 unspecified atom stereocenters. The maximum atomic E-state index is 12.1. The zero-order valence-corrected chi connectivity index (χ0v) is 13.6. The van der Waals surface area contributed by atoms with Crippen LogP contribution < -0.4 is 9.64 Å². The molecule has 0 fully saturated rings. The molecule has 0 spiro atoms. The van der Waals surface area contributed by atoms with Crippen LogP contribution >= 0.6 is 0 Å². The summed E-state index contributed by atoms with van der Waals surface area (Å²) in [6.45, 7) is 5.15. The third-order valence-corrected chi connectivity index (χ3v) is 3.74. The fourth-order valence-corrected chi connectivity index (χ4v) is 2.23. The largest absolute Gasteiger partial charge is 0.482 e. The van der Waals surface area contributed by atoms with E-state index in [0.717, 1.165) is 0 Å². The molecule has 1 amide bonds. The number of fused-ring (bicyclic) bond motifs is 1. The minimum absolute atomic E-state index is 0.0343. The Morgan fingerprint density at radius 1 is 1.35 bits per heavy atom. The summed E-state index contributed by atoms with van der Waals surface area (Å²) in [5.41, 5.74) is 0.923. The Morgan fingerprint density at radius 2 is 2.09 bits per heavy atom. The van der Waals surface area contributed by atoms with Crippen molar-refractivity contribution in [3.63, 3.8) is 0 Å². The summed E-state index contributed by atoms with van der Waals surface area (Å²) in [6, 6.07) is 4.91. The molecule has 1 heterocycles. The van der Waals surface area contributed by atoms with E-state index < -0.39 is 5.97 Å². The summed E-state index contributed by atoms with van der Waals surface area (Å²) in [6.07, 6.45) is 0.865. The highest BCUT2D eigenvalue weighted by molar-refractivity contribution is 6.04. The van der Waals surface area contributed by atoms with Gasteiger partial charge in [0.1, 0.15) is 12.3 Å². The first-order valence-electron chi connectivity index (χ1n) is 7.76. The van der Waals surface area contributed by atoms with Crippen molar-refractivity contribution in [3.8, 4) is 5.75 Å². The summed E-state index contributed by atoms with van der Waals surface area (Å²) in [4.78, 5) is 37.3. The van der Waals surface area contributed by atoms with Crippen molar-refractivity contribution in [3.05, 3.63) is 23.8 Å². The van der Waals surface area contributed by atoms with Gasteiger partial charge >= 0.3 is 5.97 Å². The van der Waals surface area contributed by atoms with Crippen LogP contribution in [0.15, 0.2) is 18.2 Å². The van der Waals surface area contributed by atoms with Crippen molar-refractivity contribution in [1.82, 2.24) is 0 Å². The smallest absolute Gasteiger partial charge is 0.326 e. The van der Waals surface area contributed by atoms with Crippen molar-refractivity contribution >= 4 is 23.3 Å². The summed E-state index contributed by atoms with van der Waals surface area (Å²) in [5, 5.41) is 0. The molecule has 6 heteroatoms. The standard InChI is InChI=1S/C17H21NO5/c1-4-11(3)23-17(21)9-18-13-8-12(14(19)5-2)6-7-15(13)22-10-16(18)20/h6-8,11H,4-5,9-10H2,1-3H3. The monoisotopic (exact) mass is 319 g/mol. The molecule has 1 aliphatic heterocycles. The Balaban J connectivity index is 2.25. The number of ketones is 1. The van der Waals surface area contributed by atoms with E-state index in [4.69, 9.17) is 9.47 Å². The number of benzene rings is 1. The SMILES string of the molecule is CCC(=O)c1ccc2c(c1)N(CC(=O)OC(C)CC)C(=O)CO2. The zero-order valence-electron chi connectivity index (χ0n) is 13.6. The van der Waals surface area contributed by atoms with Gasteiger partial charge in [0, 0.05) is 12.0 Å². The van der Waals surface area contributed by atoms with E-state index >= 15 is 0 Å². The van der Waals surface area contributed by atoms with E-state index in [1.54, 1.807) is 32.0 Å². The Hall–Kier alpha value is -2.37. The van der Waals surface area contributed by atoms with E-state index in [9.17, 15) is 14.4 Å². The molecule has 1 aromatic rings. The number of hydrogen-bond acceptors (Lipinski definition) is 5. The topological polar surface area (TPSA) is 72.9 Å². The Kier molecular flexibility index (Phi) is 5.36. The van der Waals surface area contributed by atoms with E-state index in [2.05, 4.69) is 0 Å². The average molecular weight is 319 g/mol. The first-order chi connectivity index (χ1) is 11.0. The Morgan fingerprint density at radius 3 is 2.74 bits per heavy atom. The van der Waals surface area contributed by atoms with Crippen molar-refractivity contribution in [2.45, 2.75) is 39.7 Å². The van der Waals surface area contributed by atoms with Crippen LogP contribution in [-0.4, -0.2) is 36.9 Å². The highest BCUT2D eigenvalue weighted by atomic mass is 16.5. The number of carbonyl (C=O) groups is 3. The second kappa shape index (κ2) is 7.26. The number of amides is 1. The zero-order chi connectivity index (χ0) is 17.0. The number of ether oxygens (including phenoxy) is 2. The average Bonchev–Trinajstić information content (AvgIpc) is 2.56. The highest BCUT2D eigenvalue weighted by Crippen LogP contribution is 2.33. The molecule has 1 atom stereocenters. The quantitative estimate of drug-likeness (QED) is 0.594. The number of anilines is 1. The molecule has 0 bridgehead atoms. The van der Waals surface area contributed by atoms with Gasteiger partial charge in [-0.25, -0.2) is 0 Å². The number of rotatable bonds is 6. The summed E-state index contributed by atoms with van der Waals surface area (Å²) in [7, 11) is 0. The number of hydrogen-bond donors (Lipinski definition) is 0. The lowest BCUT2D eigenvalue weighted by Gasteiger charge is -2.29. The maximum absolute atomic E-state index is 12.1. The number of nitrogens with zero attached hydrogens (tertiary/aromatic N) is 1. The van der Waals surface area contributed by atoms with Crippen LogP contribution in [0.25, 0.3) is 0 Å². The fraction of sp³-hybridized carbons (Fsp3) is 0.471. The molecule has 0 aliphatic carbocycles. The molecule has 2 rings (SSSR count). The van der Waals surface area contributed by atoms with Crippen LogP contribution in [0.5, 0.6) is 5.75 Å².